The van der Waals surface area contributed by atoms with Crippen LogP contribution < -0.4 is 9.62 Å². The summed E-state index contributed by atoms with van der Waals surface area (Å²) in [5.74, 6) is -1.29. The highest BCUT2D eigenvalue weighted by Crippen LogP contribution is 2.39. The molecule has 148 valence electrons. The number of carboxylic acids is 1. The molecule has 10 heteroatoms. The maximum absolute atomic E-state index is 13.6. The lowest BCUT2D eigenvalue weighted by Gasteiger charge is -2.43. The molecule has 1 saturated heterocycles. The van der Waals surface area contributed by atoms with E-state index in [1.165, 1.54) is 24.3 Å². The summed E-state index contributed by atoms with van der Waals surface area (Å²) in [6, 6.07) is 12.8. The summed E-state index contributed by atoms with van der Waals surface area (Å²) in [5.41, 5.74) is -2.21. The Morgan fingerprint density at radius 3 is 2.21 bits per heavy atom. The molecule has 0 unspecified atom stereocenters. The number of sulfonamides is 1. The second-order valence-electron chi connectivity index (χ2n) is 6.42. The van der Waals surface area contributed by atoms with Crippen LogP contribution in [0.1, 0.15) is 12.8 Å². The zero-order valence-corrected chi connectivity index (χ0v) is 15.6. The van der Waals surface area contributed by atoms with Gasteiger partial charge in [0.05, 0.1) is 10.6 Å². The molecule has 2 aromatic rings. The number of nitro benzene ring substituents is 1. The Morgan fingerprint density at radius 1 is 1.07 bits per heavy atom. The van der Waals surface area contributed by atoms with Gasteiger partial charge in [-0.25, -0.2) is 17.5 Å². The SMILES string of the molecule is O=C(O)C1(N(c2ccccc2)S(=O)(=O)c2ccccc2[N+](=O)[O-])CCNCC1. The van der Waals surface area contributed by atoms with Crippen LogP contribution in [0.4, 0.5) is 11.4 Å². The number of hydrogen-bond acceptors (Lipinski definition) is 6. The van der Waals surface area contributed by atoms with Gasteiger partial charge in [0.1, 0.15) is 0 Å². The second-order valence-corrected chi connectivity index (χ2v) is 8.17. The Hall–Kier alpha value is -2.98. The molecule has 0 saturated carbocycles. The van der Waals surface area contributed by atoms with Crippen molar-refractivity contribution in [1.82, 2.24) is 5.32 Å². The first kappa shape index (κ1) is 19.8. The molecule has 3 rings (SSSR count). The summed E-state index contributed by atoms with van der Waals surface area (Å²) in [6.45, 7) is 0.615. The smallest absolute Gasteiger partial charge is 0.330 e. The molecule has 0 bridgehead atoms. The first-order chi connectivity index (χ1) is 13.3. The van der Waals surface area contributed by atoms with Crippen molar-refractivity contribution in [2.24, 2.45) is 0 Å². The third-order valence-corrected chi connectivity index (χ3v) is 6.73. The van der Waals surface area contributed by atoms with E-state index in [2.05, 4.69) is 5.32 Å². The molecular weight excluding hydrogens is 386 g/mol. The van der Waals surface area contributed by atoms with Crippen LogP contribution >= 0.6 is 0 Å². The molecule has 1 heterocycles. The number of carboxylic acid groups (broad SMARTS) is 1. The molecule has 1 aliphatic heterocycles. The van der Waals surface area contributed by atoms with Crippen molar-refractivity contribution in [1.29, 1.82) is 0 Å². The van der Waals surface area contributed by atoms with Crippen LogP contribution in [0.25, 0.3) is 0 Å². The highest BCUT2D eigenvalue weighted by Gasteiger charge is 2.52. The lowest BCUT2D eigenvalue weighted by atomic mass is 9.88. The molecule has 0 aliphatic carbocycles. The van der Waals surface area contributed by atoms with Crippen LogP contribution in [-0.4, -0.2) is 43.0 Å². The molecule has 0 atom stereocenters. The Balaban J connectivity index is 2.29. The molecule has 1 aliphatic rings. The number of hydrogen-bond donors (Lipinski definition) is 2. The van der Waals surface area contributed by atoms with Crippen LogP contribution in [0.2, 0.25) is 0 Å². The third kappa shape index (κ3) is 3.32. The van der Waals surface area contributed by atoms with Crippen LogP contribution in [-0.2, 0) is 14.8 Å². The number of nitro groups is 1. The molecule has 2 aromatic carbocycles. The summed E-state index contributed by atoms with van der Waals surface area (Å²) in [6.07, 6.45) is 0.0498. The Labute approximate surface area is 161 Å². The van der Waals surface area contributed by atoms with E-state index in [-0.39, 0.29) is 18.5 Å². The monoisotopic (exact) mass is 405 g/mol. The van der Waals surface area contributed by atoms with E-state index in [0.29, 0.717) is 13.1 Å². The molecule has 28 heavy (non-hydrogen) atoms. The van der Waals surface area contributed by atoms with E-state index in [4.69, 9.17) is 0 Å². The number of carbonyl (C=O) groups is 1. The summed E-state index contributed by atoms with van der Waals surface area (Å²) >= 11 is 0. The van der Waals surface area contributed by atoms with Gasteiger partial charge < -0.3 is 10.4 Å². The standard InChI is InChI=1S/C18H19N3O6S/c22-17(23)18(10-12-19-13-11-18)20(14-6-2-1-3-7-14)28(26,27)16-9-5-4-8-15(16)21(24)25/h1-9,19H,10-13H2,(H,22,23). The summed E-state index contributed by atoms with van der Waals surface area (Å²) in [4.78, 5) is 22.4. The van der Waals surface area contributed by atoms with Crippen molar-refractivity contribution in [2.75, 3.05) is 17.4 Å². The summed E-state index contributed by atoms with van der Waals surface area (Å²) in [7, 11) is -4.55. The van der Waals surface area contributed by atoms with Gasteiger partial charge in [-0.05, 0) is 44.1 Å². The molecule has 0 amide bonds. The normalized spacial score (nSPS) is 16.3. The largest absolute Gasteiger partial charge is 0.479 e. The van der Waals surface area contributed by atoms with Crippen molar-refractivity contribution in [3.05, 3.63) is 64.7 Å². The van der Waals surface area contributed by atoms with Gasteiger partial charge in [-0.1, -0.05) is 30.3 Å². The number of piperidine rings is 1. The van der Waals surface area contributed by atoms with E-state index in [9.17, 15) is 28.4 Å². The molecule has 2 N–H and O–H groups in total. The van der Waals surface area contributed by atoms with E-state index in [1.54, 1.807) is 18.2 Å². The van der Waals surface area contributed by atoms with Gasteiger partial charge in [-0.3, -0.25) is 10.1 Å². The van der Waals surface area contributed by atoms with Crippen molar-refractivity contribution in [2.45, 2.75) is 23.3 Å². The number of rotatable bonds is 6. The first-order valence-corrected chi connectivity index (χ1v) is 10.0. The zero-order valence-electron chi connectivity index (χ0n) is 14.8. The van der Waals surface area contributed by atoms with Gasteiger partial charge in [-0.2, -0.15) is 0 Å². The average molecular weight is 405 g/mol. The van der Waals surface area contributed by atoms with E-state index >= 15 is 0 Å². The number of nitrogens with zero attached hydrogens (tertiary/aromatic N) is 2. The highest BCUT2D eigenvalue weighted by atomic mass is 32.2. The van der Waals surface area contributed by atoms with Crippen LogP contribution in [0, 0.1) is 10.1 Å². The number of benzene rings is 2. The number of nitrogens with one attached hydrogen (secondary N) is 1. The minimum Gasteiger partial charge on any atom is -0.479 e. The maximum Gasteiger partial charge on any atom is 0.330 e. The quantitative estimate of drug-likeness (QED) is 0.555. The minimum absolute atomic E-state index is 0.0249. The molecule has 9 nitrogen and oxygen atoms in total. The third-order valence-electron chi connectivity index (χ3n) is 4.79. The minimum atomic E-state index is -4.55. The van der Waals surface area contributed by atoms with Crippen molar-refractivity contribution in [3.63, 3.8) is 0 Å². The van der Waals surface area contributed by atoms with Gasteiger partial charge in [-0.15, -0.1) is 0 Å². The Kier molecular flexibility index (Phi) is 5.34. The van der Waals surface area contributed by atoms with Gasteiger partial charge in [0.25, 0.3) is 15.7 Å². The van der Waals surface area contributed by atoms with Gasteiger partial charge in [0, 0.05) is 6.07 Å². The van der Waals surface area contributed by atoms with Gasteiger partial charge in [0.2, 0.25) is 0 Å². The number of aliphatic carboxylic acids is 1. The first-order valence-electron chi connectivity index (χ1n) is 8.59. The molecule has 0 aromatic heterocycles. The predicted octanol–water partition coefficient (Wildman–Crippen LogP) is 2.00. The molecule has 1 fully saturated rings. The van der Waals surface area contributed by atoms with Crippen molar-refractivity contribution in [3.8, 4) is 0 Å². The second kappa shape index (κ2) is 7.56. The van der Waals surface area contributed by atoms with E-state index < -0.39 is 37.0 Å². The van der Waals surface area contributed by atoms with E-state index in [0.717, 1.165) is 16.4 Å². The van der Waals surface area contributed by atoms with Gasteiger partial charge in [0.15, 0.2) is 10.4 Å². The predicted molar refractivity (Wildman–Crippen MR) is 102 cm³/mol. The molecular formula is C18H19N3O6S. The lowest BCUT2D eigenvalue weighted by molar-refractivity contribution is -0.387. The fourth-order valence-electron chi connectivity index (χ4n) is 3.45. The zero-order chi connectivity index (χ0) is 20.4. The lowest BCUT2D eigenvalue weighted by Crippen LogP contribution is -2.61. The fourth-order valence-corrected chi connectivity index (χ4v) is 5.42. The fraction of sp³-hybridized carbons (Fsp3) is 0.278. The Morgan fingerprint density at radius 2 is 1.64 bits per heavy atom. The summed E-state index contributed by atoms with van der Waals surface area (Å²) < 4.78 is 28.0. The topological polar surface area (TPSA) is 130 Å². The van der Waals surface area contributed by atoms with Crippen molar-refractivity contribution < 1.29 is 23.2 Å². The summed E-state index contributed by atoms with van der Waals surface area (Å²) in [5, 5.41) is 24.5. The van der Waals surface area contributed by atoms with E-state index in [1.807, 2.05) is 0 Å². The number of para-hydroxylation sites is 2. The molecule has 0 spiro atoms. The molecule has 0 radical (unpaired) electrons. The van der Waals surface area contributed by atoms with Crippen molar-refractivity contribution >= 4 is 27.4 Å². The average Bonchev–Trinajstić information content (AvgIpc) is 2.69. The maximum atomic E-state index is 13.6. The van der Waals surface area contributed by atoms with Crippen LogP contribution in [0.5, 0.6) is 0 Å². The highest BCUT2D eigenvalue weighted by molar-refractivity contribution is 7.93. The van der Waals surface area contributed by atoms with Crippen LogP contribution in [0.15, 0.2) is 59.5 Å². The number of anilines is 1. The van der Waals surface area contributed by atoms with Crippen LogP contribution in [0.3, 0.4) is 0 Å². The van der Waals surface area contributed by atoms with Gasteiger partial charge >= 0.3 is 5.97 Å². The Bertz CT molecular complexity index is 987.